The highest BCUT2D eigenvalue weighted by Crippen LogP contribution is 2.12. The second kappa shape index (κ2) is 10.9. The van der Waals surface area contributed by atoms with Crippen molar-refractivity contribution < 1.29 is 13.2 Å². The highest BCUT2D eigenvalue weighted by Gasteiger charge is 2.28. The molecule has 174 valence electrons. The zero-order chi connectivity index (χ0) is 23.1. The Labute approximate surface area is 190 Å². The second-order valence-electron chi connectivity index (χ2n) is 8.10. The first kappa shape index (κ1) is 24.1. The number of pyridine rings is 1. The monoisotopic (exact) mass is 460 g/mol. The maximum atomic E-state index is 12.2. The van der Waals surface area contributed by atoms with E-state index in [0.717, 1.165) is 37.3 Å². The maximum Gasteiger partial charge on any atom is 0.319 e. The van der Waals surface area contributed by atoms with E-state index in [2.05, 4.69) is 32.7 Å². The summed E-state index contributed by atoms with van der Waals surface area (Å²) in [6.45, 7) is 5.66. The molecule has 9 nitrogen and oxygen atoms in total. The number of aryl methyl sites for hydroxylation is 1. The average Bonchev–Trinajstić information content (AvgIpc) is 2.78. The smallest absolute Gasteiger partial charge is 0.319 e. The van der Waals surface area contributed by atoms with Crippen molar-refractivity contribution in [1.29, 1.82) is 0 Å². The Hall–Kier alpha value is -2.53. The summed E-state index contributed by atoms with van der Waals surface area (Å²) in [6, 6.07) is 11.6. The molecule has 0 atom stereocenters. The third-order valence-electron chi connectivity index (χ3n) is 5.45. The zero-order valence-electron chi connectivity index (χ0n) is 18.9. The number of hydrogen-bond donors (Lipinski definition) is 2. The lowest BCUT2D eigenvalue weighted by Gasteiger charge is -2.35. The van der Waals surface area contributed by atoms with E-state index < -0.39 is 10.2 Å². The Bertz CT molecular complexity index is 1000. The van der Waals surface area contributed by atoms with Crippen LogP contribution in [0.15, 0.2) is 42.6 Å². The minimum atomic E-state index is -3.33. The number of amides is 2. The molecule has 0 unspecified atom stereocenters. The predicted octanol–water partition coefficient (Wildman–Crippen LogP) is 1.68. The van der Waals surface area contributed by atoms with E-state index in [4.69, 9.17) is 0 Å². The summed E-state index contributed by atoms with van der Waals surface area (Å²) < 4.78 is 27.3. The van der Waals surface area contributed by atoms with Crippen LogP contribution in [0.3, 0.4) is 0 Å². The zero-order valence-corrected chi connectivity index (χ0v) is 19.7. The van der Waals surface area contributed by atoms with Gasteiger partial charge in [-0.15, -0.1) is 0 Å². The number of benzene rings is 1. The van der Waals surface area contributed by atoms with Crippen LogP contribution in [0.5, 0.6) is 0 Å². The quantitative estimate of drug-likeness (QED) is 0.625. The van der Waals surface area contributed by atoms with Crippen LogP contribution in [0.4, 0.5) is 10.5 Å². The normalized spacial score (nSPS) is 15.6. The standard InChI is InChI=1S/C22H32N6O3S/c1-18-7-8-21(17-23-18)25-22(29)24-16-20-6-4-5-19(15-20)9-10-27-11-13-28(14-12-27)32(30,31)26(2)3/h4-8,15,17H,9-14,16H2,1-3H3,(H2,24,25,29). The molecule has 1 fully saturated rings. The van der Waals surface area contributed by atoms with Crippen LogP contribution < -0.4 is 10.6 Å². The molecule has 0 bridgehead atoms. The number of aromatic nitrogens is 1. The summed E-state index contributed by atoms with van der Waals surface area (Å²) >= 11 is 0. The first-order valence-corrected chi connectivity index (χ1v) is 12.1. The Morgan fingerprint density at radius 1 is 1.09 bits per heavy atom. The van der Waals surface area contributed by atoms with Crippen LogP contribution in [0.1, 0.15) is 16.8 Å². The average molecular weight is 461 g/mol. The van der Waals surface area contributed by atoms with Gasteiger partial charge in [-0.25, -0.2) is 4.79 Å². The molecule has 1 aliphatic heterocycles. The fourth-order valence-electron chi connectivity index (χ4n) is 3.50. The van der Waals surface area contributed by atoms with E-state index in [9.17, 15) is 13.2 Å². The van der Waals surface area contributed by atoms with E-state index in [1.165, 1.54) is 14.2 Å². The highest BCUT2D eigenvalue weighted by molar-refractivity contribution is 7.86. The van der Waals surface area contributed by atoms with Crippen LogP contribution in [-0.2, 0) is 23.2 Å². The van der Waals surface area contributed by atoms with Gasteiger partial charge >= 0.3 is 6.03 Å². The number of carbonyl (C=O) groups excluding carboxylic acids is 1. The molecule has 0 aliphatic carbocycles. The van der Waals surface area contributed by atoms with E-state index in [1.807, 2.05) is 31.2 Å². The number of urea groups is 1. The number of anilines is 1. The minimum Gasteiger partial charge on any atom is -0.334 e. The number of nitrogens with one attached hydrogen (secondary N) is 2. The van der Waals surface area contributed by atoms with Gasteiger partial charge in [-0.3, -0.25) is 4.98 Å². The molecule has 0 saturated carbocycles. The molecule has 32 heavy (non-hydrogen) atoms. The molecule has 1 aliphatic rings. The first-order chi connectivity index (χ1) is 15.2. The molecule has 2 amide bonds. The molecule has 2 N–H and O–H groups in total. The largest absolute Gasteiger partial charge is 0.334 e. The maximum absolute atomic E-state index is 12.2. The summed E-state index contributed by atoms with van der Waals surface area (Å²) in [6.07, 6.45) is 2.50. The van der Waals surface area contributed by atoms with Gasteiger partial charge in [0, 0.05) is 59.1 Å². The van der Waals surface area contributed by atoms with Crippen LogP contribution in [0.25, 0.3) is 0 Å². The molecule has 3 rings (SSSR count). The van der Waals surface area contributed by atoms with Crippen molar-refractivity contribution in [1.82, 2.24) is 23.8 Å². The lowest BCUT2D eigenvalue weighted by molar-refractivity contribution is 0.185. The van der Waals surface area contributed by atoms with Gasteiger partial charge in [-0.05, 0) is 36.6 Å². The number of nitrogens with zero attached hydrogens (tertiary/aromatic N) is 4. The lowest BCUT2D eigenvalue weighted by Crippen LogP contribution is -2.51. The fourth-order valence-corrected chi connectivity index (χ4v) is 4.58. The lowest BCUT2D eigenvalue weighted by atomic mass is 10.1. The van der Waals surface area contributed by atoms with Crippen molar-refractivity contribution >= 4 is 21.9 Å². The van der Waals surface area contributed by atoms with E-state index in [0.29, 0.717) is 25.3 Å². The summed E-state index contributed by atoms with van der Waals surface area (Å²) in [5.74, 6) is 0. The van der Waals surface area contributed by atoms with Crippen molar-refractivity contribution in [3.05, 3.63) is 59.4 Å². The third-order valence-corrected chi connectivity index (χ3v) is 7.39. The van der Waals surface area contributed by atoms with Gasteiger partial charge < -0.3 is 15.5 Å². The molecule has 0 radical (unpaired) electrons. The highest BCUT2D eigenvalue weighted by atomic mass is 32.2. The van der Waals surface area contributed by atoms with E-state index >= 15 is 0 Å². The van der Waals surface area contributed by atoms with Gasteiger partial charge in [-0.2, -0.15) is 17.0 Å². The Morgan fingerprint density at radius 2 is 1.81 bits per heavy atom. The SMILES string of the molecule is Cc1ccc(NC(=O)NCc2cccc(CCN3CCN(S(=O)(=O)N(C)C)CC3)c2)cn1. The molecule has 0 spiro atoms. The number of piperazine rings is 1. The van der Waals surface area contributed by atoms with Crippen molar-refractivity contribution in [3.63, 3.8) is 0 Å². The van der Waals surface area contributed by atoms with Gasteiger partial charge in [0.15, 0.2) is 0 Å². The second-order valence-corrected chi connectivity index (χ2v) is 10.2. The van der Waals surface area contributed by atoms with Crippen molar-refractivity contribution in [3.8, 4) is 0 Å². The molecule has 1 aromatic carbocycles. The Kier molecular flexibility index (Phi) is 8.19. The summed E-state index contributed by atoms with van der Waals surface area (Å²) in [4.78, 5) is 18.6. The van der Waals surface area contributed by atoms with E-state index in [-0.39, 0.29) is 6.03 Å². The third kappa shape index (κ3) is 6.73. The van der Waals surface area contributed by atoms with E-state index in [1.54, 1.807) is 20.3 Å². The summed E-state index contributed by atoms with van der Waals surface area (Å²) in [7, 11) is -0.210. The van der Waals surface area contributed by atoms with Gasteiger partial charge in [-0.1, -0.05) is 24.3 Å². The Morgan fingerprint density at radius 3 is 2.47 bits per heavy atom. The summed E-state index contributed by atoms with van der Waals surface area (Å²) in [5.41, 5.74) is 3.77. The van der Waals surface area contributed by atoms with Crippen molar-refractivity contribution in [2.45, 2.75) is 19.9 Å². The molecule has 10 heteroatoms. The first-order valence-electron chi connectivity index (χ1n) is 10.7. The molecule has 1 aromatic heterocycles. The topological polar surface area (TPSA) is 97.9 Å². The molecular weight excluding hydrogens is 428 g/mol. The molecular formula is C22H32N6O3S. The molecule has 2 aromatic rings. The number of hydrogen-bond acceptors (Lipinski definition) is 5. The van der Waals surface area contributed by atoms with Crippen molar-refractivity contribution in [2.24, 2.45) is 0 Å². The van der Waals surface area contributed by atoms with Gasteiger partial charge in [0.25, 0.3) is 10.2 Å². The van der Waals surface area contributed by atoms with Crippen LogP contribution in [-0.4, -0.2) is 79.8 Å². The van der Waals surface area contributed by atoms with Crippen LogP contribution in [0, 0.1) is 6.92 Å². The summed E-state index contributed by atoms with van der Waals surface area (Å²) in [5, 5.41) is 5.64. The molecule has 2 heterocycles. The fraction of sp³-hybridized carbons (Fsp3) is 0.455. The number of carbonyl (C=O) groups is 1. The van der Waals surface area contributed by atoms with Gasteiger partial charge in [0.05, 0.1) is 11.9 Å². The van der Waals surface area contributed by atoms with Crippen LogP contribution in [0.2, 0.25) is 0 Å². The molecule has 1 saturated heterocycles. The van der Waals surface area contributed by atoms with Gasteiger partial charge in [0.1, 0.15) is 0 Å². The predicted molar refractivity (Wildman–Crippen MR) is 126 cm³/mol. The van der Waals surface area contributed by atoms with Crippen molar-refractivity contribution in [2.75, 3.05) is 52.1 Å². The minimum absolute atomic E-state index is 0.272. The number of rotatable bonds is 8. The Balaban J connectivity index is 1.43. The van der Waals surface area contributed by atoms with Gasteiger partial charge in [0.2, 0.25) is 0 Å². The van der Waals surface area contributed by atoms with Crippen LogP contribution >= 0.6 is 0 Å².